The van der Waals surface area contributed by atoms with Crippen LogP contribution < -0.4 is 11.1 Å². The van der Waals surface area contributed by atoms with E-state index in [2.05, 4.69) is 12.2 Å². The van der Waals surface area contributed by atoms with Gasteiger partial charge in [0.1, 0.15) is 0 Å². The summed E-state index contributed by atoms with van der Waals surface area (Å²) in [5, 5.41) is 2.90. The second-order valence-corrected chi connectivity index (χ2v) is 3.69. The van der Waals surface area contributed by atoms with Crippen molar-refractivity contribution in [1.82, 2.24) is 5.32 Å². The molecule has 3 nitrogen and oxygen atoms in total. The fourth-order valence-electron chi connectivity index (χ4n) is 1.04. The van der Waals surface area contributed by atoms with Crippen LogP contribution in [0, 0.1) is 5.92 Å². The number of carbonyl (C=O) groups is 1. The molecular formula is C9H18N2O. The van der Waals surface area contributed by atoms with Gasteiger partial charge in [0.2, 0.25) is 5.91 Å². The Bertz CT molecular complexity index is 166. The topological polar surface area (TPSA) is 55.1 Å². The maximum absolute atomic E-state index is 11.4. The van der Waals surface area contributed by atoms with Crippen molar-refractivity contribution >= 4 is 5.91 Å². The van der Waals surface area contributed by atoms with Crippen molar-refractivity contribution in [1.29, 1.82) is 0 Å². The molecule has 12 heavy (non-hydrogen) atoms. The zero-order chi connectivity index (χ0) is 9.14. The van der Waals surface area contributed by atoms with Crippen molar-refractivity contribution in [3.63, 3.8) is 0 Å². The van der Waals surface area contributed by atoms with Gasteiger partial charge in [-0.25, -0.2) is 0 Å². The molecular weight excluding hydrogens is 152 g/mol. The average molecular weight is 170 g/mol. The summed E-state index contributed by atoms with van der Waals surface area (Å²) in [7, 11) is 0. The Labute approximate surface area is 73.7 Å². The minimum Gasteiger partial charge on any atom is -0.352 e. The van der Waals surface area contributed by atoms with E-state index in [0.717, 1.165) is 19.3 Å². The predicted molar refractivity (Wildman–Crippen MR) is 48.6 cm³/mol. The zero-order valence-electron chi connectivity index (χ0n) is 7.84. The largest absolute Gasteiger partial charge is 0.352 e. The minimum absolute atomic E-state index is 0.0202. The molecule has 1 aliphatic rings. The Balaban J connectivity index is 2.28. The van der Waals surface area contributed by atoms with Crippen molar-refractivity contribution in [2.75, 3.05) is 0 Å². The predicted octanol–water partition coefficient (Wildman–Crippen LogP) is 0.638. The summed E-state index contributed by atoms with van der Waals surface area (Å²) in [5.74, 6) is 0.301. The number of nitrogens with two attached hydrogens (primary N) is 1. The monoisotopic (exact) mass is 170 g/mol. The molecule has 70 valence electrons. The van der Waals surface area contributed by atoms with Crippen molar-refractivity contribution in [2.45, 2.75) is 45.2 Å². The number of hydrogen-bond donors (Lipinski definition) is 2. The number of amides is 1. The highest BCUT2D eigenvalue weighted by Crippen LogP contribution is 2.19. The first-order valence-corrected chi connectivity index (χ1v) is 4.71. The lowest BCUT2D eigenvalue weighted by Gasteiger charge is -2.17. The van der Waals surface area contributed by atoms with Gasteiger partial charge < -0.3 is 11.1 Å². The molecule has 1 amide bonds. The van der Waals surface area contributed by atoms with E-state index in [4.69, 9.17) is 5.73 Å². The van der Waals surface area contributed by atoms with Gasteiger partial charge in [-0.15, -0.1) is 0 Å². The quantitative estimate of drug-likeness (QED) is 0.650. The van der Waals surface area contributed by atoms with Crippen molar-refractivity contribution in [3.05, 3.63) is 0 Å². The molecule has 2 unspecified atom stereocenters. The van der Waals surface area contributed by atoms with Crippen LogP contribution in [0.1, 0.15) is 33.1 Å². The summed E-state index contributed by atoms with van der Waals surface area (Å²) in [5.41, 5.74) is 5.74. The fourth-order valence-corrected chi connectivity index (χ4v) is 1.04. The van der Waals surface area contributed by atoms with Gasteiger partial charge in [-0.2, -0.15) is 0 Å². The summed E-state index contributed by atoms with van der Waals surface area (Å²) >= 11 is 0. The van der Waals surface area contributed by atoms with Crippen LogP contribution in [-0.4, -0.2) is 18.0 Å². The molecule has 0 saturated heterocycles. The highest BCUT2D eigenvalue weighted by molar-refractivity contribution is 5.82. The smallest absolute Gasteiger partial charge is 0.237 e. The van der Waals surface area contributed by atoms with Crippen molar-refractivity contribution in [3.8, 4) is 0 Å². The van der Waals surface area contributed by atoms with Crippen molar-refractivity contribution in [2.24, 2.45) is 11.7 Å². The molecule has 0 aliphatic heterocycles. The first-order chi connectivity index (χ1) is 5.65. The molecule has 1 fully saturated rings. The maximum Gasteiger partial charge on any atom is 0.237 e. The highest BCUT2D eigenvalue weighted by Gasteiger charge is 2.27. The van der Waals surface area contributed by atoms with Gasteiger partial charge in [0.25, 0.3) is 0 Å². The van der Waals surface area contributed by atoms with Gasteiger partial charge in [0, 0.05) is 6.04 Å². The van der Waals surface area contributed by atoms with E-state index in [1.54, 1.807) is 0 Å². The molecule has 3 N–H and O–H groups in total. The van der Waals surface area contributed by atoms with Gasteiger partial charge in [0.05, 0.1) is 6.04 Å². The highest BCUT2D eigenvalue weighted by atomic mass is 16.2. The summed E-state index contributed by atoms with van der Waals surface area (Å²) in [6.07, 6.45) is 3.21. The van der Waals surface area contributed by atoms with Crippen LogP contribution in [0.5, 0.6) is 0 Å². The van der Waals surface area contributed by atoms with Crippen LogP contribution in [0.15, 0.2) is 0 Å². The third-order valence-electron chi connectivity index (χ3n) is 2.48. The summed E-state index contributed by atoms with van der Waals surface area (Å²) in [6.45, 7) is 4.06. The molecule has 3 heteroatoms. The number of nitrogens with one attached hydrogen (secondary N) is 1. The van der Waals surface area contributed by atoms with Gasteiger partial charge in [-0.05, 0) is 18.8 Å². The van der Waals surface area contributed by atoms with Gasteiger partial charge in [0.15, 0.2) is 0 Å². The normalized spacial score (nSPS) is 21.6. The molecule has 0 heterocycles. The summed E-state index contributed by atoms with van der Waals surface area (Å²) in [4.78, 5) is 11.4. The lowest BCUT2D eigenvalue weighted by atomic mass is 9.99. The first-order valence-electron chi connectivity index (χ1n) is 4.71. The number of rotatable bonds is 4. The molecule has 1 aliphatic carbocycles. The Morgan fingerprint density at radius 2 is 2.25 bits per heavy atom. The Kier molecular flexibility index (Phi) is 3.09. The molecule has 0 aromatic rings. The van der Waals surface area contributed by atoms with E-state index in [9.17, 15) is 4.79 Å². The summed E-state index contributed by atoms with van der Waals surface area (Å²) < 4.78 is 0. The average Bonchev–Trinajstić information content (AvgIpc) is 2.85. The molecule has 0 bridgehead atoms. The lowest BCUT2D eigenvalue weighted by Crippen LogP contribution is -2.45. The second-order valence-electron chi connectivity index (χ2n) is 3.69. The SMILES string of the molecule is CCC(C)C(N)C(=O)NC1CC1. The zero-order valence-corrected chi connectivity index (χ0v) is 7.84. The Morgan fingerprint density at radius 1 is 1.67 bits per heavy atom. The molecule has 0 aromatic carbocycles. The van der Waals surface area contributed by atoms with E-state index < -0.39 is 0 Å². The van der Waals surface area contributed by atoms with Gasteiger partial charge >= 0.3 is 0 Å². The van der Waals surface area contributed by atoms with Crippen LogP contribution in [-0.2, 0) is 4.79 Å². The minimum atomic E-state index is -0.324. The Hall–Kier alpha value is -0.570. The molecule has 0 radical (unpaired) electrons. The summed E-state index contributed by atoms with van der Waals surface area (Å²) in [6, 6.07) is 0.100. The van der Waals surface area contributed by atoms with E-state index in [1.165, 1.54) is 0 Å². The van der Waals surface area contributed by atoms with Gasteiger partial charge in [-0.1, -0.05) is 20.3 Å². The molecule has 0 spiro atoms. The van der Waals surface area contributed by atoms with Crippen LogP contribution in [0.25, 0.3) is 0 Å². The van der Waals surface area contributed by atoms with E-state index in [1.807, 2.05) is 6.92 Å². The first kappa shape index (κ1) is 9.52. The Morgan fingerprint density at radius 3 is 2.67 bits per heavy atom. The van der Waals surface area contributed by atoms with Crippen LogP contribution in [0.3, 0.4) is 0 Å². The van der Waals surface area contributed by atoms with E-state index >= 15 is 0 Å². The van der Waals surface area contributed by atoms with Crippen LogP contribution in [0.4, 0.5) is 0 Å². The van der Waals surface area contributed by atoms with Crippen LogP contribution in [0.2, 0.25) is 0 Å². The number of carbonyl (C=O) groups excluding carboxylic acids is 1. The third kappa shape index (κ3) is 2.48. The molecule has 0 aromatic heterocycles. The number of hydrogen-bond acceptors (Lipinski definition) is 2. The lowest BCUT2D eigenvalue weighted by molar-refractivity contribution is -0.123. The van der Waals surface area contributed by atoms with Crippen LogP contribution >= 0.6 is 0 Å². The molecule has 1 saturated carbocycles. The van der Waals surface area contributed by atoms with Crippen molar-refractivity contribution < 1.29 is 4.79 Å². The van der Waals surface area contributed by atoms with Gasteiger partial charge in [-0.3, -0.25) is 4.79 Å². The van der Waals surface area contributed by atoms with E-state index in [-0.39, 0.29) is 17.9 Å². The fraction of sp³-hybridized carbons (Fsp3) is 0.889. The van der Waals surface area contributed by atoms with E-state index in [0.29, 0.717) is 6.04 Å². The molecule has 2 atom stereocenters. The maximum atomic E-state index is 11.4. The second kappa shape index (κ2) is 3.90. The molecule has 1 rings (SSSR count). The third-order valence-corrected chi connectivity index (χ3v) is 2.48. The standard InChI is InChI=1S/C9H18N2O/c1-3-6(2)8(10)9(12)11-7-4-5-7/h6-8H,3-5,10H2,1-2H3,(H,11,12).